The van der Waals surface area contributed by atoms with Gasteiger partial charge >= 0.3 is 0 Å². The van der Waals surface area contributed by atoms with E-state index in [4.69, 9.17) is 0 Å². The lowest BCUT2D eigenvalue weighted by Crippen LogP contribution is -2.37. The Morgan fingerprint density at radius 3 is 2.75 bits per heavy atom. The van der Waals surface area contributed by atoms with Gasteiger partial charge < -0.3 is 10.6 Å². The van der Waals surface area contributed by atoms with Crippen LogP contribution in [0.5, 0.6) is 0 Å². The van der Waals surface area contributed by atoms with Crippen molar-refractivity contribution in [2.45, 2.75) is 51.5 Å². The Bertz CT molecular complexity index is 421. The first-order valence-electron chi connectivity index (χ1n) is 7.75. The molecule has 1 amide bonds. The Morgan fingerprint density at radius 1 is 1.40 bits per heavy atom. The third-order valence-electron chi connectivity index (χ3n) is 4.18. The molecule has 110 valence electrons. The maximum absolute atomic E-state index is 12.1. The standard InChI is InChI=1S/C17H26N2O/c1-3-14(15-8-6-13(2)7-9-15)11-17(20)19-12-16-5-4-10-18-16/h6-9,14,16,18H,3-5,10-12H2,1-2H3,(H,19,20). The summed E-state index contributed by atoms with van der Waals surface area (Å²) in [6.07, 6.45) is 3.99. The molecule has 1 aromatic carbocycles. The average molecular weight is 274 g/mol. The second kappa shape index (κ2) is 7.44. The summed E-state index contributed by atoms with van der Waals surface area (Å²) in [5, 5.41) is 6.47. The Morgan fingerprint density at radius 2 is 2.15 bits per heavy atom. The van der Waals surface area contributed by atoms with Gasteiger partial charge in [-0.3, -0.25) is 4.79 Å². The van der Waals surface area contributed by atoms with Gasteiger partial charge in [-0.1, -0.05) is 36.8 Å². The van der Waals surface area contributed by atoms with Gasteiger partial charge in [0, 0.05) is 19.0 Å². The zero-order valence-electron chi connectivity index (χ0n) is 12.6. The van der Waals surface area contributed by atoms with Gasteiger partial charge in [0.05, 0.1) is 0 Å². The van der Waals surface area contributed by atoms with Crippen LogP contribution in [0.25, 0.3) is 0 Å². The molecule has 3 heteroatoms. The van der Waals surface area contributed by atoms with Gasteiger partial charge in [-0.25, -0.2) is 0 Å². The van der Waals surface area contributed by atoms with Gasteiger partial charge in [-0.2, -0.15) is 0 Å². The molecule has 1 heterocycles. The highest BCUT2D eigenvalue weighted by Crippen LogP contribution is 2.23. The van der Waals surface area contributed by atoms with Crippen molar-refractivity contribution in [2.75, 3.05) is 13.1 Å². The van der Waals surface area contributed by atoms with E-state index in [0.29, 0.717) is 18.4 Å². The van der Waals surface area contributed by atoms with Crippen LogP contribution in [0.2, 0.25) is 0 Å². The van der Waals surface area contributed by atoms with Crippen LogP contribution in [0, 0.1) is 6.92 Å². The maximum Gasteiger partial charge on any atom is 0.220 e. The molecule has 2 rings (SSSR count). The van der Waals surface area contributed by atoms with E-state index >= 15 is 0 Å². The predicted octanol–water partition coefficient (Wildman–Crippen LogP) is 2.75. The van der Waals surface area contributed by atoms with Crippen LogP contribution >= 0.6 is 0 Å². The van der Waals surface area contributed by atoms with Gasteiger partial charge in [0.25, 0.3) is 0 Å². The number of benzene rings is 1. The molecule has 1 saturated heterocycles. The Kier molecular flexibility index (Phi) is 5.60. The highest BCUT2D eigenvalue weighted by atomic mass is 16.1. The highest BCUT2D eigenvalue weighted by molar-refractivity contribution is 5.76. The molecule has 1 aromatic rings. The van der Waals surface area contributed by atoms with Crippen molar-refractivity contribution in [3.63, 3.8) is 0 Å². The van der Waals surface area contributed by atoms with Crippen molar-refractivity contribution in [1.82, 2.24) is 10.6 Å². The van der Waals surface area contributed by atoms with Crippen LogP contribution < -0.4 is 10.6 Å². The van der Waals surface area contributed by atoms with Gasteiger partial charge in [0.2, 0.25) is 5.91 Å². The Balaban J connectivity index is 1.82. The summed E-state index contributed by atoms with van der Waals surface area (Å²) >= 11 is 0. The molecule has 0 bridgehead atoms. The minimum atomic E-state index is 0.172. The van der Waals surface area contributed by atoms with Gasteiger partial charge in [0.15, 0.2) is 0 Å². The van der Waals surface area contributed by atoms with Crippen LogP contribution in [0.3, 0.4) is 0 Å². The number of amides is 1. The van der Waals surface area contributed by atoms with Crippen molar-refractivity contribution in [2.24, 2.45) is 0 Å². The predicted molar refractivity (Wildman–Crippen MR) is 82.9 cm³/mol. The van der Waals surface area contributed by atoms with Gasteiger partial charge in [-0.15, -0.1) is 0 Å². The lowest BCUT2D eigenvalue weighted by Gasteiger charge is -2.17. The SMILES string of the molecule is CCC(CC(=O)NCC1CCCN1)c1ccc(C)cc1. The Hall–Kier alpha value is -1.35. The monoisotopic (exact) mass is 274 g/mol. The van der Waals surface area contributed by atoms with Crippen LogP contribution in [0.4, 0.5) is 0 Å². The van der Waals surface area contributed by atoms with Gasteiger partial charge in [-0.05, 0) is 44.2 Å². The van der Waals surface area contributed by atoms with E-state index in [2.05, 4.69) is 48.7 Å². The number of carbonyl (C=O) groups excluding carboxylic acids is 1. The molecule has 1 aliphatic rings. The minimum Gasteiger partial charge on any atom is -0.355 e. The van der Waals surface area contributed by atoms with Crippen LogP contribution in [-0.4, -0.2) is 25.0 Å². The number of hydrogen-bond acceptors (Lipinski definition) is 2. The third kappa shape index (κ3) is 4.34. The molecule has 2 unspecified atom stereocenters. The molecule has 1 aliphatic heterocycles. The molecule has 2 atom stereocenters. The van der Waals surface area contributed by atoms with Crippen molar-refractivity contribution in [3.8, 4) is 0 Å². The van der Waals surface area contributed by atoms with Crippen LogP contribution in [0.15, 0.2) is 24.3 Å². The number of nitrogens with one attached hydrogen (secondary N) is 2. The number of aryl methyl sites for hydroxylation is 1. The summed E-state index contributed by atoms with van der Waals surface area (Å²) in [6.45, 7) is 6.09. The second-order valence-electron chi connectivity index (χ2n) is 5.82. The van der Waals surface area contributed by atoms with E-state index in [1.165, 1.54) is 24.0 Å². The summed E-state index contributed by atoms with van der Waals surface area (Å²) in [7, 11) is 0. The summed E-state index contributed by atoms with van der Waals surface area (Å²) in [5.74, 6) is 0.498. The van der Waals surface area contributed by atoms with Crippen molar-refractivity contribution in [1.29, 1.82) is 0 Å². The average Bonchev–Trinajstić information content (AvgIpc) is 2.97. The maximum atomic E-state index is 12.1. The molecule has 3 nitrogen and oxygen atoms in total. The second-order valence-corrected chi connectivity index (χ2v) is 5.82. The molecule has 1 fully saturated rings. The fraction of sp³-hybridized carbons (Fsp3) is 0.588. The van der Waals surface area contributed by atoms with E-state index in [1.807, 2.05) is 0 Å². The zero-order valence-corrected chi connectivity index (χ0v) is 12.6. The first-order chi connectivity index (χ1) is 9.69. The molecule has 0 aliphatic carbocycles. The summed E-state index contributed by atoms with van der Waals surface area (Å²) in [6, 6.07) is 9.01. The largest absolute Gasteiger partial charge is 0.355 e. The molecular weight excluding hydrogens is 248 g/mol. The fourth-order valence-electron chi connectivity index (χ4n) is 2.80. The van der Waals surface area contributed by atoms with Crippen molar-refractivity contribution in [3.05, 3.63) is 35.4 Å². The number of hydrogen-bond donors (Lipinski definition) is 2. The zero-order chi connectivity index (χ0) is 14.4. The van der Waals surface area contributed by atoms with E-state index in [-0.39, 0.29) is 5.91 Å². The smallest absolute Gasteiger partial charge is 0.220 e. The molecular formula is C17H26N2O. The van der Waals surface area contributed by atoms with E-state index in [0.717, 1.165) is 19.5 Å². The molecule has 0 radical (unpaired) electrons. The quantitative estimate of drug-likeness (QED) is 0.837. The van der Waals surface area contributed by atoms with Crippen LogP contribution in [0.1, 0.15) is 49.7 Å². The molecule has 0 saturated carbocycles. The minimum absolute atomic E-state index is 0.172. The lowest BCUT2D eigenvalue weighted by atomic mass is 9.92. The first kappa shape index (κ1) is 15.0. The third-order valence-corrected chi connectivity index (χ3v) is 4.18. The molecule has 20 heavy (non-hydrogen) atoms. The lowest BCUT2D eigenvalue weighted by molar-refractivity contribution is -0.121. The first-order valence-corrected chi connectivity index (χ1v) is 7.75. The van der Waals surface area contributed by atoms with Crippen molar-refractivity contribution < 1.29 is 4.79 Å². The highest BCUT2D eigenvalue weighted by Gasteiger charge is 2.17. The van der Waals surface area contributed by atoms with E-state index in [1.54, 1.807) is 0 Å². The van der Waals surface area contributed by atoms with E-state index < -0.39 is 0 Å². The molecule has 0 spiro atoms. The molecule has 2 N–H and O–H groups in total. The normalized spacial score (nSPS) is 19.8. The topological polar surface area (TPSA) is 41.1 Å². The molecule has 0 aromatic heterocycles. The summed E-state index contributed by atoms with van der Waals surface area (Å²) in [5.41, 5.74) is 2.53. The summed E-state index contributed by atoms with van der Waals surface area (Å²) < 4.78 is 0. The van der Waals surface area contributed by atoms with Crippen molar-refractivity contribution >= 4 is 5.91 Å². The van der Waals surface area contributed by atoms with Crippen LogP contribution in [-0.2, 0) is 4.79 Å². The van der Waals surface area contributed by atoms with Gasteiger partial charge in [0.1, 0.15) is 0 Å². The Labute approximate surface area is 122 Å². The summed E-state index contributed by atoms with van der Waals surface area (Å²) in [4.78, 5) is 12.1. The number of rotatable bonds is 6. The van der Waals surface area contributed by atoms with E-state index in [9.17, 15) is 4.79 Å². The number of carbonyl (C=O) groups is 1. The fourth-order valence-corrected chi connectivity index (χ4v) is 2.80.